The summed E-state index contributed by atoms with van der Waals surface area (Å²) in [5.74, 6) is -4.90. The van der Waals surface area contributed by atoms with E-state index >= 15 is 0 Å². The van der Waals surface area contributed by atoms with Crippen LogP contribution in [-0.2, 0) is 24.0 Å². The van der Waals surface area contributed by atoms with E-state index in [1.165, 1.54) is 0 Å². The van der Waals surface area contributed by atoms with E-state index < -0.39 is 53.8 Å². The average Bonchev–Trinajstić information content (AvgIpc) is 2.72. The maximum absolute atomic E-state index is 12.8. The van der Waals surface area contributed by atoms with Gasteiger partial charge in [0.2, 0.25) is 17.7 Å². The number of carboxylic acids is 2. The van der Waals surface area contributed by atoms with Gasteiger partial charge in [-0.2, -0.15) is 12.6 Å². The van der Waals surface area contributed by atoms with Gasteiger partial charge in [-0.15, -0.1) is 0 Å². The normalized spacial score (nSPS) is 14.7. The Hall–Kier alpha value is -2.38. The highest BCUT2D eigenvalue weighted by molar-refractivity contribution is 7.80. The molecule has 9 N–H and O–H groups in total. The van der Waals surface area contributed by atoms with Gasteiger partial charge in [-0.25, -0.2) is 4.79 Å². The summed E-state index contributed by atoms with van der Waals surface area (Å²) in [6.07, 6.45) is 0.902. The molecule has 12 nitrogen and oxygen atoms in total. The van der Waals surface area contributed by atoms with Crippen LogP contribution in [0.5, 0.6) is 0 Å². The molecule has 0 saturated heterocycles. The fourth-order valence-corrected chi connectivity index (χ4v) is 2.94. The molecule has 13 heteroatoms. The Morgan fingerprint density at radius 1 is 0.875 bits per heavy atom. The van der Waals surface area contributed by atoms with Crippen LogP contribution in [0.25, 0.3) is 0 Å². The minimum atomic E-state index is -1.21. The second-order valence-electron chi connectivity index (χ2n) is 7.70. The fourth-order valence-electron chi connectivity index (χ4n) is 2.68. The van der Waals surface area contributed by atoms with Crippen molar-refractivity contribution in [3.8, 4) is 0 Å². The molecule has 3 amide bonds. The molecule has 0 aromatic carbocycles. The number of hydrogen-bond donors (Lipinski definition) is 8. The second kappa shape index (κ2) is 15.4. The quantitative estimate of drug-likeness (QED) is 0.0950. The summed E-state index contributed by atoms with van der Waals surface area (Å²) in [6.45, 7) is 3.64. The van der Waals surface area contributed by atoms with Crippen LogP contribution in [0, 0.1) is 5.92 Å². The molecule has 0 heterocycles. The number of nitrogens with two attached hydrogens (primary N) is 2. The standard InChI is InChI=1S/C19H35N5O7S/c1-10(2)15(19(30)31)24-18(29)13(9-32)23-17(28)12(5-3-4-8-20)22-16(27)11(21)6-7-14(25)26/h10-13,15,32H,3-9,20-21H2,1-2H3,(H,22,27)(H,23,28)(H,24,29)(H,25,26)(H,30,31). The molecule has 0 aliphatic carbocycles. The molecular formula is C19H35N5O7S. The van der Waals surface area contributed by atoms with Gasteiger partial charge in [-0.1, -0.05) is 13.8 Å². The second-order valence-corrected chi connectivity index (χ2v) is 8.06. The molecule has 0 bridgehead atoms. The van der Waals surface area contributed by atoms with E-state index in [4.69, 9.17) is 16.6 Å². The van der Waals surface area contributed by atoms with Crippen molar-refractivity contribution >= 4 is 42.3 Å². The first-order valence-electron chi connectivity index (χ1n) is 10.4. The molecule has 0 fully saturated rings. The molecule has 0 aliphatic heterocycles. The molecule has 0 aromatic heterocycles. The van der Waals surface area contributed by atoms with Gasteiger partial charge in [0, 0.05) is 12.2 Å². The number of rotatable bonds is 16. The van der Waals surface area contributed by atoms with Crippen molar-refractivity contribution in [2.45, 2.75) is 70.1 Å². The molecule has 32 heavy (non-hydrogen) atoms. The molecule has 0 radical (unpaired) electrons. The Balaban J connectivity index is 5.22. The number of unbranched alkanes of at least 4 members (excludes halogenated alkanes) is 1. The van der Waals surface area contributed by atoms with Gasteiger partial charge >= 0.3 is 11.9 Å². The number of thiol groups is 1. The Morgan fingerprint density at radius 2 is 1.44 bits per heavy atom. The summed E-state index contributed by atoms with van der Waals surface area (Å²) < 4.78 is 0. The zero-order chi connectivity index (χ0) is 24.8. The van der Waals surface area contributed by atoms with E-state index in [1.807, 2.05) is 0 Å². The minimum Gasteiger partial charge on any atom is -0.481 e. The molecule has 184 valence electrons. The lowest BCUT2D eigenvalue weighted by atomic mass is 10.0. The van der Waals surface area contributed by atoms with E-state index in [0.717, 1.165) is 0 Å². The molecule has 4 unspecified atom stereocenters. The maximum atomic E-state index is 12.8. The van der Waals surface area contributed by atoms with Crippen molar-refractivity contribution in [1.29, 1.82) is 0 Å². The first-order chi connectivity index (χ1) is 14.9. The van der Waals surface area contributed by atoms with E-state index in [2.05, 4.69) is 28.6 Å². The topological polar surface area (TPSA) is 214 Å². The minimum absolute atomic E-state index is 0.105. The molecule has 0 rings (SSSR count). The first-order valence-corrected chi connectivity index (χ1v) is 11.0. The summed E-state index contributed by atoms with van der Waals surface area (Å²) in [4.78, 5) is 59.5. The maximum Gasteiger partial charge on any atom is 0.326 e. The largest absolute Gasteiger partial charge is 0.481 e. The molecule has 0 spiro atoms. The molecular weight excluding hydrogens is 442 g/mol. The van der Waals surface area contributed by atoms with Gasteiger partial charge < -0.3 is 37.6 Å². The monoisotopic (exact) mass is 477 g/mol. The number of aliphatic carboxylic acids is 2. The van der Waals surface area contributed by atoms with Crippen LogP contribution in [0.1, 0.15) is 46.0 Å². The van der Waals surface area contributed by atoms with E-state index in [9.17, 15) is 29.1 Å². The average molecular weight is 478 g/mol. The predicted octanol–water partition coefficient (Wildman–Crippen LogP) is -1.57. The van der Waals surface area contributed by atoms with Gasteiger partial charge in [-0.05, 0) is 38.1 Å². The van der Waals surface area contributed by atoms with E-state index in [-0.39, 0.29) is 30.9 Å². The molecule has 0 aromatic rings. The predicted molar refractivity (Wildman–Crippen MR) is 120 cm³/mol. The lowest BCUT2D eigenvalue weighted by molar-refractivity contribution is -0.143. The van der Waals surface area contributed by atoms with E-state index in [0.29, 0.717) is 19.4 Å². The third-order valence-electron chi connectivity index (χ3n) is 4.63. The first kappa shape index (κ1) is 29.6. The van der Waals surface area contributed by atoms with Crippen molar-refractivity contribution < 1.29 is 34.2 Å². The summed E-state index contributed by atoms with van der Waals surface area (Å²) in [6, 6.07) is -4.45. The van der Waals surface area contributed by atoms with E-state index in [1.54, 1.807) is 13.8 Å². The van der Waals surface area contributed by atoms with Crippen LogP contribution in [0.4, 0.5) is 0 Å². The van der Waals surface area contributed by atoms with Gasteiger partial charge in [0.15, 0.2) is 0 Å². The Morgan fingerprint density at radius 3 is 1.91 bits per heavy atom. The van der Waals surface area contributed by atoms with Crippen molar-refractivity contribution in [1.82, 2.24) is 16.0 Å². The fraction of sp³-hybridized carbons (Fsp3) is 0.737. The van der Waals surface area contributed by atoms with Gasteiger partial charge in [-0.3, -0.25) is 19.2 Å². The smallest absolute Gasteiger partial charge is 0.326 e. The highest BCUT2D eigenvalue weighted by atomic mass is 32.1. The van der Waals surface area contributed by atoms with Crippen LogP contribution in [0.2, 0.25) is 0 Å². The van der Waals surface area contributed by atoms with Crippen LogP contribution in [0.15, 0.2) is 0 Å². The number of hydrogen-bond acceptors (Lipinski definition) is 8. The molecule has 0 saturated carbocycles. The highest BCUT2D eigenvalue weighted by Crippen LogP contribution is 2.06. The number of carboxylic acid groups (broad SMARTS) is 2. The van der Waals surface area contributed by atoms with Crippen molar-refractivity contribution in [2.24, 2.45) is 17.4 Å². The lowest BCUT2D eigenvalue weighted by Gasteiger charge is -2.25. The van der Waals surface area contributed by atoms with Crippen LogP contribution >= 0.6 is 12.6 Å². The zero-order valence-corrected chi connectivity index (χ0v) is 19.3. The van der Waals surface area contributed by atoms with Crippen LogP contribution in [-0.4, -0.2) is 76.3 Å². The SMILES string of the molecule is CC(C)C(NC(=O)C(CS)NC(=O)C(CCCCN)NC(=O)C(N)CCC(=O)O)C(=O)O. The molecule has 4 atom stereocenters. The summed E-state index contributed by atoms with van der Waals surface area (Å²) in [5.41, 5.74) is 11.2. The lowest BCUT2D eigenvalue weighted by Crippen LogP contribution is -2.58. The highest BCUT2D eigenvalue weighted by Gasteiger charge is 2.30. The third-order valence-corrected chi connectivity index (χ3v) is 5.00. The summed E-state index contributed by atoms with van der Waals surface area (Å²) in [7, 11) is 0. The zero-order valence-electron chi connectivity index (χ0n) is 18.4. The number of carbonyl (C=O) groups is 5. The van der Waals surface area contributed by atoms with Crippen molar-refractivity contribution in [2.75, 3.05) is 12.3 Å². The van der Waals surface area contributed by atoms with Crippen molar-refractivity contribution in [3.63, 3.8) is 0 Å². The van der Waals surface area contributed by atoms with Gasteiger partial charge in [0.1, 0.15) is 18.1 Å². The Bertz CT molecular complexity index is 662. The van der Waals surface area contributed by atoms with Crippen molar-refractivity contribution in [3.05, 3.63) is 0 Å². The van der Waals surface area contributed by atoms with Crippen LogP contribution < -0.4 is 27.4 Å². The van der Waals surface area contributed by atoms with Gasteiger partial charge in [0.25, 0.3) is 0 Å². The Labute approximate surface area is 192 Å². The molecule has 0 aliphatic rings. The summed E-state index contributed by atoms with van der Waals surface area (Å²) >= 11 is 4.06. The number of carbonyl (C=O) groups excluding carboxylic acids is 3. The number of nitrogens with one attached hydrogen (secondary N) is 3. The summed E-state index contributed by atoms with van der Waals surface area (Å²) in [5, 5.41) is 25.3. The number of amides is 3. The van der Waals surface area contributed by atoms with Gasteiger partial charge in [0.05, 0.1) is 6.04 Å². The van der Waals surface area contributed by atoms with Crippen LogP contribution in [0.3, 0.4) is 0 Å². The third kappa shape index (κ3) is 11.3. The Kier molecular flexibility index (Phi) is 14.3.